The van der Waals surface area contributed by atoms with Crippen molar-refractivity contribution in [3.63, 3.8) is 0 Å². The quantitative estimate of drug-likeness (QED) is 0.257. The second-order valence-electron chi connectivity index (χ2n) is 10.2. The van der Waals surface area contributed by atoms with Crippen LogP contribution in [0.4, 0.5) is 0 Å². The van der Waals surface area contributed by atoms with Gasteiger partial charge >= 0.3 is 0 Å². The third-order valence-electron chi connectivity index (χ3n) is 5.95. The van der Waals surface area contributed by atoms with Gasteiger partial charge in [0.2, 0.25) is 11.8 Å². The van der Waals surface area contributed by atoms with Crippen molar-refractivity contribution in [2.24, 2.45) is 5.92 Å². The topological polar surface area (TPSA) is 92.5 Å². The molecule has 8 heteroatoms. The first-order valence-corrected chi connectivity index (χ1v) is 13.4. The lowest BCUT2D eigenvalue weighted by Gasteiger charge is -2.26. The fraction of sp³-hybridized carbons (Fsp3) is 0.357. The fourth-order valence-corrected chi connectivity index (χ4v) is 4.36. The maximum Gasteiger partial charge on any atom is 0.228 e. The zero-order valence-electron chi connectivity index (χ0n) is 21.0. The number of hydrogen-bond acceptors (Lipinski definition) is 7. The summed E-state index contributed by atoms with van der Waals surface area (Å²) in [6.07, 6.45) is 4.19. The summed E-state index contributed by atoms with van der Waals surface area (Å²) < 4.78 is 33.1. The van der Waals surface area contributed by atoms with Crippen LogP contribution in [0.25, 0.3) is 22.6 Å². The SMILES string of the molecule is CC(N[S+]([O-])C(C)(C)C)c1ccc2nc(-c3ccc(Oc4cccc(OCC5CC5)c4)nc3)oc2c1. The van der Waals surface area contributed by atoms with E-state index in [1.54, 1.807) is 12.3 Å². The third-order valence-corrected chi connectivity index (χ3v) is 7.63. The molecule has 2 aromatic heterocycles. The highest BCUT2D eigenvalue weighted by atomic mass is 32.2. The molecule has 0 radical (unpaired) electrons. The van der Waals surface area contributed by atoms with Crippen molar-refractivity contribution in [1.29, 1.82) is 0 Å². The smallest absolute Gasteiger partial charge is 0.228 e. The molecule has 1 aliphatic carbocycles. The summed E-state index contributed by atoms with van der Waals surface area (Å²) in [4.78, 5) is 9.03. The summed E-state index contributed by atoms with van der Waals surface area (Å²) in [7, 11) is 0. The molecule has 2 atom stereocenters. The van der Waals surface area contributed by atoms with Crippen molar-refractivity contribution >= 4 is 22.5 Å². The first kappa shape index (κ1) is 24.6. The average Bonchev–Trinajstić information content (AvgIpc) is 3.59. The van der Waals surface area contributed by atoms with E-state index in [0.717, 1.165) is 29.0 Å². The first-order chi connectivity index (χ1) is 17.2. The van der Waals surface area contributed by atoms with E-state index < -0.39 is 11.4 Å². The fourth-order valence-electron chi connectivity index (χ4n) is 3.55. The Morgan fingerprint density at radius 3 is 2.64 bits per heavy atom. The van der Waals surface area contributed by atoms with E-state index in [-0.39, 0.29) is 10.8 Å². The van der Waals surface area contributed by atoms with Crippen molar-refractivity contribution in [2.75, 3.05) is 6.61 Å². The third kappa shape index (κ3) is 6.00. The van der Waals surface area contributed by atoms with Crippen molar-refractivity contribution in [3.05, 3.63) is 66.4 Å². The largest absolute Gasteiger partial charge is 0.598 e. The zero-order chi connectivity index (χ0) is 25.3. The van der Waals surface area contributed by atoms with E-state index in [4.69, 9.17) is 13.9 Å². The Kier molecular flexibility index (Phi) is 6.92. The molecule has 0 spiro atoms. The van der Waals surface area contributed by atoms with E-state index in [2.05, 4.69) is 14.7 Å². The minimum atomic E-state index is -1.17. The van der Waals surface area contributed by atoms with Gasteiger partial charge in [0.25, 0.3) is 0 Å². The van der Waals surface area contributed by atoms with E-state index in [1.165, 1.54) is 12.8 Å². The highest BCUT2D eigenvalue weighted by Crippen LogP contribution is 2.32. The van der Waals surface area contributed by atoms with Gasteiger partial charge in [0.1, 0.15) is 21.8 Å². The molecule has 4 aromatic rings. The summed E-state index contributed by atoms with van der Waals surface area (Å²) >= 11 is -1.17. The van der Waals surface area contributed by atoms with E-state index in [0.29, 0.717) is 29.0 Å². The van der Waals surface area contributed by atoms with Crippen LogP contribution in [-0.4, -0.2) is 25.9 Å². The maximum atomic E-state index is 12.5. The average molecular weight is 506 g/mol. The Morgan fingerprint density at radius 1 is 1.11 bits per heavy atom. The van der Waals surface area contributed by atoms with Gasteiger partial charge in [-0.25, -0.2) is 9.97 Å². The highest BCUT2D eigenvalue weighted by Gasteiger charge is 2.28. The summed E-state index contributed by atoms with van der Waals surface area (Å²) in [5, 5.41) is 0. The molecule has 188 valence electrons. The second-order valence-corrected chi connectivity index (χ2v) is 12.2. The number of nitrogens with one attached hydrogen (secondary N) is 1. The van der Waals surface area contributed by atoms with E-state index in [1.807, 2.05) is 76.2 Å². The summed E-state index contributed by atoms with van der Waals surface area (Å²) in [5.74, 6) is 3.13. The van der Waals surface area contributed by atoms with Crippen LogP contribution in [0.3, 0.4) is 0 Å². The molecule has 5 rings (SSSR count). The van der Waals surface area contributed by atoms with Crippen LogP contribution in [0.15, 0.2) is 65.2 Å². The molecule has 0 amide bonds. The summed E-state index contributed by atoms with van der Waals surface area (Å²) in [6, 6.07) is 17.0. The van der Waals surface area contributed by atoms with Crippen LogP contribution >= 0.6 is 0 Å². The maximum absolute atomic E-state index is 12.5. The Morgan fingerprint density at radius 2 is 1.92 bits per heavy atom. The molecule has 2 unspecified atom stereocenters. The number of benzene rings is 2. The lowest BCUT2D eigenvalue weighted by atomic mass is 10.1. The number of rotatable bonds is 9. The molecule has 2 heterocycles. The first-order valence-electron chi connectivity index (χ1n) is 12.2. The molecule has 7 nitrogen and oxygen atoms in total. The zero-order valence-corrected chi connectivity index (χ0v) is 21.8. The minimum absolute atomic E-state index is 0.0984. The number of nitrogens with zero attached hydrogens (tertiary/aromatic N) is 2. The van der Waals surface area contributed by atoms with Gasteiger partial charge in [-0.15, -0.1) is 4.72 Å². The van der Waals surface area contributed by atoms with Gasteiger partial charge in [0.15, 0.2) is 5.58 Å². The molecular formula is C28H31N3O4S. The van der Waals surface area contributed by atoms with Crippen molar-refractivity contribution < 1.29 is 18.4 Å². The van der Waals surface area contributed by atoms with Crippen LogP contribution in [0.2, 0.25) is 0 Å². The lowest BCUT2D eigenvalue weighted by Crippen LogP contribution is -2.40. The van der Waals surface area contributed by atoms with Crippen LogP contribution in [0.1, 0.15) is 52.1 Å². The number of pyridine rings is 1. The van der Waals surface area contributed by atoms with Gasteiger partial charge in [-0.05, 0) is 82.3 Å². The van der Waals surface area contributed by atoms with Gasteiger partial charge < -0.3 is 18.4 Å². The number of aromatic nitrogens is 2. The van der Waals surface area contributed by atoms with Gasteiger partial charge in [0.05, 0.1) is 18.2 Å². The van der Waals surface area contributed by atoms with Gasteiger partial charge in [-0.3, -0.25) is 0 Å². The molecule has 2 aromatic carbocycles. The Bertz CT molecular complexity index is 1330. The Labute approximate surface area is 214 Å². The monoisotopic (exact) mass is 505 g/mol. The molecular weight excluding hydrogens is 474 g/mol. The molecule has 1 fully saturated rings. The number of oxazole rings is 1. The molecule has 0 aliphatic heterocycles. The number of fused-ring (bicyclic) bond motifs is 1. The number of ether oxygens (including phenoxy) is 2. The molecule has 1 N–H and O–H groups in total. The van der Waals surface area contributed by atoms with Crippen LogP contribution < -0.4 is 14.2 Å². The van der Waals surface area contributed by atoms with Gasteiger partial charge in [0, 0.05) is 29.7 Å². The second kappa shape index (κ2) is 10.1. The Hall–Kier alpha value is -3.07. The van der Waals surface area contributed by atoms with E-state index in [9.17, 15) is 4.55 Å². The highest BCUT2D eigenvalue weighted by molar-refractivity contribution is 7.90. The molecule has 1 aliphatic rings. The summed E-state index contributed by atoms with van der Waals surface area (Å²) in [6.45, 7) is 8.58. The molecule has 0 bridgehead atoms. The van der Waals surface area contributed by atoms with Crippen LogP contribution in [0.5, 0.6) is 17.4 Å². The van der Waals surface area contributed by atoms with Crippen molar-refractivity contribution in [1.82, 2.24) is 14.7 Å². The predicted octanol–water partition coefficient (Wildman–Crippen LogP) is 6.58. The van der Waals surface area contributed by atoms with Gasteiger partial charge in [-0.2, -0.15) is 0 Å². The molecule has 36 heavy (non-hydrogen) atoms. The standard InChI is InChI=1S/C28H31N3O4S/c1-18(31-36(32)28(2,3)4)20-10-12-24-25(14-20)35-27(30-24)21-11-13-26(29-16-21)34-23-7-5-6-22(15-23)33-17-19-8-9-19/h5-7,10-16,18-19,31H,8-9,17H2,1-4H3. The Balaban J connectivity index is 1.26. The summed E-state index contributed by atoms with van der Waals surface area (Å²) in [5.41, 5.74) is 3.15. The van der Waals surface area contributed by atoms with Crippen molar-refractivity contribution in [2.45, 2.75) is 51.3 Å². The normalized spacial score (nSPS) is 15.6. The minimum Gasteiger partial charge on any atom is -0.598 e. The predicted molar refractivity (Wildman–Crippen MR) is 141 cm³/mol. The van der Waals surface area contributed by atoms with Crippen LogP contribution in [-0.2, 0) is 11.4 Å². The molecule has 0 saturated heterocycles. The van der Waals surface area contributed by atoms with Crippen LogP contribution in [0, 0.1) is 5.92 Å². The van der Waals surface area contributed by atoms with Crippen molar-refractivity contribution in [3.8, 4) is 28.8 Å². The lowest BCUT2D eigenvalue weighted by molar-refractivity contribution is 0.298. The number of hydrogen-bond donors (Lipinski definition) is 1. The molecule has 1 saturated carbocycles. The van der Waals surface area contributed by atoms with Gasteiger partial charge in [-0.1, -0.05) is 12.1 Å². The van der Waals surface area contributed by atoms with E-state index >= 15 is 0 Å².